The van der Waals surface area contributed by atoms with Crippen molar-refractivity contribution in [3.05, 3.63) is 23.7 Å². The van der Waals surface area contributed by atoms with E-state index in [9.17, 15) is 8.42 Å². The SMILES string of the molecule is Cc1ccc(CN(C)S(=O)(=O)N2CCNCC2)o1. The number of hydrogen-bond acceptors (Lipinski definition) is 4. The summed E-state index contributed by atoms with van der Waals surface area (Å²) >= 11 is 0. The van der Waals surface area contributed by atoms with E-state index in [1.165, 1.54) is 8.61 Å². The van der Waals surface area contributed by atoms with Gasteiger partial charge in [0.05, 0.1) is 6.54 Å². The molecule has 102 valence electrons. The summed E-state index contributed by atoms with van der Waals surface area (Å²) in [6.45, 7) is 4.54. The predicted octanol–water partition coefficient (Wildman–Crippen LogP) is 0.170. The van der Waals surface area contributed by atoms with E-state index in [2.05, 4.69) is 5.32 Å². The molecule has 2 rings (SSSR count). The first-order valence-electron chi connectivity index (χ1n) is 5.97. The van der Waals surface area contributed by atoms with Gasteiger partial charge in [-0.25, -0.2) is 0 Å². The van der Waals surface area contributed by atoms with Crippen molar-refractivity contribution < 1.29 is 12.8 Å². The maximum atomic E-state index is 12.3. The first kappa shape index (κ1) is 13.5. The highest BCUT2D eigenvalue weighted by molar-refractivity contribution is 7.86. The molecule has 18 heavy (non-hydrogen) atoms. The van der Waals surface area contributed by atoms with Gasteiger partial charge in [0, 0.05) is 33.2 Å². The Balaban J connectivity index is 2.04. The monoisotopic (exact) mass is 273 g/mol. The third-order valence-electron chi connectivity index (χ3n) is 2.97. The Morgan fingerprint density at radius 2 is 2.06 bits per heavy atom. The Kier molecular flexibility index (Phi) is 4.06. The van der Waals surface area contributed by atoms with Crippen molar-refractivity contribution in [1.82, 2.24) is 13.9 Å². The molecule has 6 nitrogen and oxygen atoms in total. The van der Waals surface area contributed by atoms with Gasteiger partial charge in [0.15, 0.2) is 0 Å². The zero-order valence-electron chi connectivity index (χ0n) is 10.7. The third kappa shape index (κ3) is 2.92. The molecule has 0 radical (unpaired) electrons. The smallest absolute Gasteiger partial charge is 0.282 e. The normalized spacial score (nSPS) is 18.4. The number of rotatable bonds is 4. The first-order valence-corrected chi connectivity index (χ1v) is 7.37. The molecule has 1 saturated heterocycles. The second kappa shape index (κ2) is 5.40. The molecule has 0 amide bonds. The molecule has 7 heteroatoms. The van der Waals surface area contributed by atoms with Gasteiger partial charge in [0.2, 0.25) is 0 Å². The number of nitrogens with one attached hydrogen (secondary N) is 1. The summed E-state index contributed by atoms with van der Waals surface area (Å²) in [7, 11) is -1.81. The largest absolute Gasteiger partial charge is 0.465 e. The summed E-state index contributed by atoms with van der Waals surface area (Å²) in [4.78, 5) is 0. The molecular formula is C11H19N3O3S. The number of aryl methyl sites for hydroxylation is 1. The summed E-state index contributed by atoms with van der Waals surface area (Å²) in [6, 6.07) is 3.64. The van der Waals surface area contributed by atoms with Crippen molar-refractivity contribution in [2.24, 2.45) is 0 Å². The second-order valence-corrected chi connectivity index (χ2v) is 6.46. The lowest BCUT2D eigenvalue weighted by atomic mass is 10.4. The van der Waals surface area contributed by atoms with Gasteiger partial charge in [0.1, 0.15) is 11.5 Å². The summed E-state index contributed by atoms with van der Waals surface area (Å²) in [5.74, 6) is 1.45. The average Bonchev–Trinajstić information content (AvgIpc) is 2.76. The molecular weight excluding hydrogens is 254 g/mol. The van der Waals surface area contributed by atoms with E-state index < -0.39 is 10.2 Å². The molecule has 1 fully saturated rings. The molecule has 0 spiro atoms. The number of nitrogens with zero attached hydrogens (tertiary/aromatic N) is 2. The highest BCUT2D eigenvalue weighted by Crippen LogP contribution is 2.14. The van der Waals surface area contributed by atoms with Crippen LogP contribution in [-0.2, 0) is 16.8 Å². The van der Waals surface area contributed by atoms with Crippen LogP contribution in [0.1, 0.15) is 11.5 Å². The van der Waals surface area contributed by atoms with Gasteiger partial charge in [-0.3, -0.25) is 0 Å². The number of furan rings is 1. The van der Waals surface area contributed by atoms with E-state index in [-0.39, 0.29) is 6.54 Å². The molecule has 0 unspecified atom stereocenters. The van der Waals surface area contributed by atoms with Crippen molar-refractivity contribution in [3.63, 3.8) is 0 Å². The van der Waals surface area contributed by atoms with Crippen LogP contribution in [0.5, 0.6) is 0 Å². The zero-order valence-corrected chi connectivity index (χ0v) is 11.5. The van der Waals surface area contributed by atoms with Gasteiger partial charge in [-0.05, 0) is 19.1 Å². The third-order valence-corrected chi connectivity index (χ3v) is 4.91. The van der Waals surface area contributed by atoms with Crippen LogP contribution in [0.15, 0.2) is 16.5 Å². The van der Waals surface area contributed by atoms with Gasteiger partial charge in [-0.15, -0.1) is 0 Å². The van der Waals surface area contributed by atoms with Crippen molar-refractivity contribution in [3.8, 4) is 0 Å². The average molecular weight is 273 g/mol. The van der Waals surface area contributed by atoms with Crippen LogP contribution < -0.4 is 5.32 Å². The van der Waals surface area contributed by atoms with Crippen LogP contribution in [0.2, 0.25) is 0 Å². The van der Waals surface area contributed by atoms with Crippen LogP contribution in [0.4, 0.5) is 0 Å². The summed E-state index contributed by atoms with van der Waals surface area (Å²) in [5, 5.41) is 3.14. The highest BCUT2D eigenvalue weighted by Gasteiger charge is 2.28. The maximum absolute atomic E-state index is 12.3. The Labute approximate surface area is 108 Å². The fraction of sp³-hybridized carbons (Fsp3) is 0.636. The summed E-state index contributed by atoms with van der Waals surface area (Å²) in [5.41, 5.74) is 0. The highest BCUT2D eigenvalue weighted by atomic mass is 32.2. The van der Waals surface area contributed by atoms with Crippen LogP contribution in [-0.4, -0.2) is 50.3 Å². The molecule has 0 saturated carbocycles. The maximum Gasteiger partial charge on any atom is 0.282 e. The molecule has 1 aliphatic rings. The molecule has 1 aromatic rings. The van der Waals surface area contributed by atoms with Crippen LogP contribution in [0.3, 0.4) is 0 Å². The fourth-order valence-electron chi connectivity index (χ4n) is 1.94. The summed E-state index contributed by atoms with van der Waals surface area (Å²) in [6.07, 6.45) is 0. The van der Waals surface area contributed by atoms with Crippen LogP contribution in [0.25, 0.3) is 0 Å². The molecule has 0 bridgehead atoms. The van der Waals surface area contributed by atoms with E-state index >= 15 is 0 Å². The van der Waals surface area contributed by atoms with E-state index in [0.717, 1.165) is 5.76 Å². The lowest BCUT2D eigenvalue weighted by molar-refractivity contribution is 0.315. The van der Waals surface area contributed by atoms with E-state index in [1.807, 2.05) is 13.0 Å². The Bertz CT molecular complexity index is 491. The fourth-order valence-corrected chi connectivity index (χ4v) is 3.27. The van der Waals surface area contributed by atoms with E-state index in [4.69, 9.17) is 4.42 Å². The van der Waals surface area contributed by atoms with Crippen LogP contribution >= 0.6 is 0 Å². The van der Waals surface area contributed by atoms with Crippen LogP contribution in [0, 0.1) is 6.92 Å². The minimum Gasteiger partial charge on any atom is -0.465 e. The minimum atomic E-state index is -3.38. The van der Waals surface area contributed by atoms with Gasteiger partial charge in [-0.1, -0.05) is 0 Å². The quantitative estimate of drug-likeness (QED) is 0.849. The van der Waals surface area contributed by atoms with Gasteiger partial charge >= 0.3 is 0 Å². The second-order valence-electron chi connectivity index (χ2n) is 4.43. The predicted molar refractivity (Wildman–Crippen MR) is 68.3 cm³/mol. The Morgan fingerprint density at radius 3 is 2.61 bits per heavy atom. The van der Waals surface area contributed by atoms with Crippen molar-refractivity contribution in [1.29, 1.82) is 0 Å². The lowest BCUT2D eigenvalue weighted by Gasteiger charge is -2.30. The molecule has 2 heterocycles. The Hall–Kier alpha value is -0.890. The van der Waals surface area contributed by atoms with Crippen molar-refractivity contribution >= 4 is 10.2 Å². The molecule has 0 aromatic carbocycles. The molecule has 0 atom stereocenters. The molecule has 1 aliphatic heterocycles. The van der Waals surface area contributed by atoms with Gasteiger partial charge in [-0.2, -0.15) is 17.0 Å². The summed E-state index contributed by atoms with van der Waals surface area (Å²) < 4.78 is 32.8. The van der Waals surface area contributed by atoms with Gasteiger partial charge < -0.3 is 9.73 Å². The number of piperazine rings is 1. The Morgan fingerprint density at radius 1 is 1.39 bits per heavy atom. The standard InChI is InChI=1S/C11H19N3O3S/c1-10-3-4-11(17-10)9-13(2)18(15,16)14-7-5-12-6-8-14/h3-4,12H,5-9H2,1-2H3. The lowest BCUT2D eigenvalue weighted by Crippen LogP contribution is -2.50. The molecule has 1 aromatic heterocycles. The first-order chi connectivity index (χ1) is 8.50. The topological polar surface area (TPSA) is 65.8 Å². The zero-order chi connectivity index (χ0) is 13.2. The number of hydrogen-bond donors (Lipinski definition) is 1. The van der Waals surface area contributed by atoms with Crippen molar-refractivity contribution in [2.45, 2.75) is 13.5 Å². The van der Waals surface area contributed by atoms with E-state index in [1.54, 1.807) is 13.1 Å². The van der Waals surface area contributed by atoms with E-state index in [0.29, 0.717) is 31.9 Å². The van der Waals surface area contributed by atoms with Crippen molar-refractivity contribution in [2.75, 3.05) is 33.2 Å². The molecule has 0 aliphatic carbocycles. The molecule has 1 N–H and O–H groups in total. The minimum absolute atomic E-state index is 0.264. The van der Waals surface area contributed by atoms with Gasteiger partial charge in [0.25, 0.3) is 10.2 Å².